The molecule has 1 aliphatic heterocycles. The van der Waals surface area contributed by atoms with E-state index in [9.17, 15) is 14.4 Å². The Hall–Kier alpha value is -4.59. The maximum atomic E-state index is 13.3. The summed E-state index contributed by atoms with van der Waals surface area (Å²) in [7, 11) is 0. The highest BCUT2D eigenvalue weighted by Gasteiger charge is 2.30. The number of carbonyl (C=O) groups excluding carboxylic acids is 3. The molecule has 1 heterocycles. The van der Waals surface area contributed by atoms with Crippen molar-refractivity contribution in [3.05, 3.63) is 96.6 Å². The summed E-state index contributed by atoms with van der Waals surface area (Å²) in [6, 6.07) is 25.8. The number of ether oxygens (including phenoxy) is 2. The summed E-state index contributed by atoms with van der Waals surface area (Å²) < 4.78 is 11.2. The van der Waals surface area contributed by atoms with Crippen LogP contribution in [-0.4, -0.2) is 54.1 Å². The van der Waals surface area contributed by atoms with Gasteiger partial charge < -0.3 is 19.7 Å². The molecule has 1 atom stereocenters. The maximum absolute atomic E-state index is 13.3. The average Bonchev–Trinajstić information content (AvgIpc) is 3.39. The summed E-state index contributed by atoms with van der Waals surface area (Å²) in [5, 5.41) is 2.83. The van der Waals surface area contributed by atoms with Gasteiger partial charge in [0.15, 0.2) is 0 Å². The Morgan fingerprint density at radius 1 is 0.925 bits per heavy atom. The highest BCUT2D eigenvalue weighted by atomic mass is 16.6. The number of rotatable bonds is 8. The molecule has 3 amide bonds. The van der Waals surface area contributed by atoms with Crippen LogP contribution in [0, 0.1) is 0 Å². The van der Waals surface area contributed by atoms with Crippen molar-refractivity contribution in [1.82, 2.24) is 10.2 Å². The van der Waals surface area contributed by atoms with E-state index in [0.29, 0.717) is 36.7 Å². The van der Waals surface area contributed by atoms with E-state index in [4.69, 9.17) is 9.47 Å². The van der Waals surface area contributed by atoms with Gasteiger partial charge in [-0.3, -0.25) is 14.5 Å². The molecule has 0 spiro atoms. The normalized spacial score (nSPS) is 15.1. The highest BCUT2D eigenvalue weighted by Crippen LogP contribution is 2.25. The Bertz CT molecular complexity index is 1320. The Morgan fingerprint density at radius 3 is 2.20 bits per heavy atom. The number of amides is 3. The van der Waals surface area contributed by atoms with Gasteiger partial charge in [-0.05, 0) is 75.2 Å². The van der Waals surface area contributed by atoms with Crippen molar-refractivity contribution >= 4 is 29.7 Å². The summed E-state index contributed by atoms with van der Waals surface area (Å²) in [4.78, 5) is 41.9. The second kappa shape index (κ2) is 13.0. The predicted molar refractivity (Wildman–Crippen MR) is 155 cm³/mol. The maximum Gasteiger partial charge on any atom is 0.407 e. The number of hydrogen-bond acceptors (Lipinski definition) is 5. The lowest BCUT2D eigenvalue weighted by Crippen LogP contribution is -2.44. The number of alkyl carbamates (subject to hydrolysis) is 1. The molecule has 8 heteroatoms. The van der Waals surface area contributed by atoms with E-state index in [1.54, 1.807) is 56.0 Å². The first-order chi connectivity index (χ1) is 19.2. The van der Waals surface area contributed by atoms with Crippen LogP contribution in [0.4, 0.5) is 10.5 Å². The van der Waals surface area contributed by atoms with Gasteiger partial charge in [0.1, 0.15) is 23.6 Å². The van der Waals surface area contributed by atoms with E-state index in [2.05, 4.69) is 5.32 Å². The Balaban J connectivity index is 1.45. The third kappa shape index (κ3) is 8.46. The van der Waals surface area contributed by atoms with Gasteiger partial charge in [0.05, 0.1) is 6.04 Å². The summed E-state index contributed by atoms with van der Waals surface area (Å²) in [5.41, 5.74) is 0.844. The molecule has 1 saturated heterocycles. The predicted octanol–water partition coefficient (Wildman–Crippen LogP) is 5.65. The molecule has 208 valence electrons. The fourth-order valence-electron chi connectivity index (χ4n) is 4.25. The molecule has 4 rings (SSSR count). The van der Waals surface area contributed by atoms with Crippen LogP contribution in [-0.2, 0) is 14.3 Å². The molecule has 1 aliphatic rings. The van der Waals surface area contributed by atoms with E-state index >= 15 is 0 Å². The van der Waals surface area contributed by atoms with Crippen molar-refractivity contribution in [1.29, 1.82) is 0 Å². The molecule has 8 nitrogen and oxygen atoms in total. The first kappa shape index (κ1) is 28.4. The van der Waals surface area contributed by atoms with Crippen molar-refractivity contribution in [2.75, 3.05) is 24.5 Å². The minimum absolute atomic E-state index is 0.143. The molecule has 0 saturated carbocycles. The minimum atomic E-state index is -0.603. The molecule has 0 unspecified atom stereocenters. The fourth-order valence-corrected chi connectivity index (χ4v) is 4.25. The molecule has 40 heavy (non-hydrogen) atoms. The lowest BCUT2D eigenvalue weighted by Gasteiger charge is -2.25. The number of hydrogen-bond donors (Lipinski definition) is 1. The SMILES string of the molecule is CC(C)(C)OC(=O)N[C@H]1CCN(C(=O)CN(C(=O)C=Cc2ccccc2)c2ccc(Oc3ccccc3)cc2)C1. The molecule has 1 fully saturated rings. The van der Waals surface area contributed by atoms with E-state index < -0.39 is 11.7 Å². The van der Waals surface area contributed by atoms with Gasteiger partial charge in [0.2, 0.25) is 5.91 Å². The number of carbonyl (C=O) groups is 3. The first-order valence-corrected chi connectivity index (χ1v) is 13.3. The molecular weight excluding hydrogens is 506 g/mol. The van der Waals surface area contributed by atoms with E-state index in [1.807, 2.05) is 60.7 Å². The van der Waals surface area contributed by atoms with Crippen LogP contribution in [0.2, 0.25) is 0 Å². The number of nitrogens with one attached hydrogen (secondary N) is 1. The quantitative estimate of drug-likeness (QED) is 0.372. The van der Waals surface area contributed by atoms with E-state index in [1.165, 1.54) is 11.0 Å². The van der Waals surface area contributed by atoms with Crippen LogP contribution >= 0.6 is 0 Å². The van der Waals surface area contributed by atoms with Crippen molar-refractivity contribution in [2.24, 2.45) is 0 Å². The van der Waals surface area contributed by atoms with Gasteiger partial charge in [0.25, 0.3) is 5.91 Å². The van der Waals surface area contributed by atoms with Crippen molar-refractivity contribution in [3.8, 4) is 11.5 Å². The van der Waals surface area contributed by atoms with Gasteiger partial charge in [-0.25, -0.2) is 4.79 Å². The van der Waals surface area contributed by atoms with E-state index in [-0.39, 0.29) is 24.4 Å². The Kier molecular flexibility index (Phi) is 9.22. The zero-order chi connectivity index (χ0) is 28.5. The largest absolute Gasteiger partial charge is 0.457 e. The number of likely N-dealkylation sites (tertiary alicyclic amines) is 1. The molecule has 0 aromatic heterocycles. The van der Waals surface area contributed by atoms with Crippen LogP contribution < -0.4 is 15.0 Å². The number of anilines is 1. The lowest BCUT2D eigenvalue weighted by atomic mass is 10.2. The van der Waals surface area contributed by atoms with Crippen molar-refractivity contribution < 1.29 is 23.9 Å². The summed E-state index contributed by atoms with van der Waals surface area (Å²) in [6.07, 6.45) is 3.29. The lowest BCUT2D eigenvalue weighted by molar-refractivity contribution is -0.130. The van der Waals surface area contributed by atoms with Gasteiger partial charge >= 0.3 is 6.09 Å². The Morgan fingerprint density at radius 2 is 1.55 bits per heavy atom. The molecule has 1 N–H and O–H groups in total. The van der Waals surface area contributed by atoms with Crippen LogP contribution in [0.1, 0.15) is 32.8 Å². The Labute approximate surface area is 235 Å². The van der Waals surface area contributed by atoms with Gasteiger partial charge in [-0.15, -0.1) is 0 Å². The second-order valence-electron chi connectivity index (χ2n) is 10.5. The summed E-state index contributed by atoms with van der Waals surface area (Å²) in [6.45, 7) is 6.09. The second-order valence-corrected chi connectivity index (χ2v) is 10.5. The molecular formula is C32H35N3O5. The molecule has 0 radical (unpaired) electrons. The average molecular weight is 542 g/mol. The third-order valence-corrected chi connectivity index (χ3v) is 6.17. The zero-order valence-electron chi connectivity index (χ0n) is 23.1. The van der Waals surface area contributed by atoms with Crippen LogP contribution in [0.25, 0.3) is 6.08 Å². The third-order valence-electron chi connectivity index (χ3n) is 6.17. The van der Waals surface area contributed by atoms with Crippen LogP contribution in [0.15, 0.2) is 91.0 Å². The number of para-hydroxylation sites is 1. The molecule has 0 bridgehead atoms. The first-order valence-electron chi connectivity index (χ1n) is 13.3. The fraction of sp³-hybridized carbons (Fsp3) is 0.281. The van der Waals surface area contributed by atoms with Gasteiger partial charge in [-0.1, -0.05) is 48.5 Å². The smallest absolute Gasteiger partial charge is 0.407 e. The topological polar surface area (TPSA) is 88.2 Å². The number of nitrogens with zero attached hydrogens (tertiary/aromatic N) is 2. The van der Waals surface area contributed by atoms with Crippen LogP contribution in [0.5, 0.6) is 11.5 Å². The molecule has 0 aliphatic carbocycles. The highest BCUT2D eigenvalue weighted by molar-refractivity contribution is 6.06. The van der Waals surface area contributed by atoms with E-state index in [0.717, 1.165) is 5.56 Å². The summed E-state index contributed by atoms with van der Waals surface area (Å²) in [5.74, 6) is 0.785. The summed E-state index contributed by atoms with van der Waals surface area (Å²) >= 11 is 0. The standard InChI is InChI=1S/C32H35N3O5/c1-32(2,3)40-31(38)33-25-20-21-34(22-25)30(37)23-35(29(36)19-14-24-10-6-4-7-11-24)26-15-17-28(18-16-26)39-27-12-8-5-9-13-27/h4-19,25H,20-23H2,1-3H3,(H,33,38)/t25-/m0/s1. The van der Waals surface area contributed by atoms with Crippen molar-refractivity contribution in [2.45, 2.75) is 38.8 Å². The minimum Gasteiger partial charge on any atom is -0.457 e. The number of benzene rings is 3. The monoisotopic (exact) mass is 541 g/mol. The van der Waals surface area contributed by atoms with Crippen molar-refractivity contribution in [3.63, 3.8) is 0 Å². The molecule has 3 aromatic carbocycles. The zero-order valence-corrected chi connectivity index (χ0v) is 23.1. The van der Waals surface area contributed by atoms with Gasteiger partial charge in [-0.2, -0.15) is 0 Å². The van der Waals surface area contributed by atoms with Crippen LogP contribution in [0.3, 0.4) is 0 Å². The molecule has 3 aromatic rings. The van der Waals surface area contributed by atoms with Gasteiger partial charge in [0, 0.05) is 24.9 Å².